The molecule has 0 aliphatic carbocycles. The first kappa shape index (κ1) is 26.4. The third-order valence-corrected chi connectivity index (χ3v) is 6.46. The molecule has 0 saturated heterocycles. The molecule has 12 heteroatoms. The van der Waals surface area contributed by atoms with Crippen molar-refractivity contribution in [2.24, 2.45) is 0 Å². The number of esters is 1. The van der Waals surface area contributed by atoms with Gasteiger partial charge in [-0.05, 0) is 29.7 Å². The number of amides is 1. The molecule has 2 aromatic rings. The van der Waals surface area contributed by atoms with Crippen molar-refractivity contribution in [3.8, 4) is 0 Å². The standard InChI is InChI=1S/C21H23F3NO7P/c22-21(23,24)17-10-8-16(9-11-17)19(27)33(29,30)12-4-7-18(26)32-14-25-20(28)31-13-15-5-2-1-3-6-15/h1-3,5-6,8-11,19,27H,4,7,12-14H2,(H,25,28)(H,29,30)/t19-/m0/s1. The summed E-state index contributed by atoms with van der Waals surface area (Å²) in [6, 6.07) is 12.2. The number of hydrogen-bond acceptors (Lipinski definition) is 6. The summed E-state index contributed by atoms with van der Waals surface area (Å²) in [4.78, 5) is 33.3. The maximum atomic E-state index is 12.6. The van der Waals surface area contributed by atoms with Crippen molar-refractivity contribution in [2.45, 2.75) is 31.5 Å². The first-order chi connectivity index (χ1) is 15.5. The molecule has 3 N–H and O–H groups in total. The minimum absolute atomic E-state index is 0.0354. The summed E-state index contributed by atoms with van der Waals surface area (Å²) >= 11 is 0. The lowest BCUT2D eigenvalue weighted by Gasteiger charge is -2.19. The van der Waals surface area contributed by atoms with Crippen LogP contribution in [0.4, 0.5) is 18.0 Å². The van der Waals surface area contributed by atoms with Crippen LogP contribution in [-0.4, -0.2) is 35.0 Å². The van der Waals surface area contributed by atoms with Crippen LogP contribution in [0.5, 0.6) is 0 Å². The molecule has 0 bridgehead atoms. The maximum absolute atomic E-state index is 12.6. The highest BCUT2D eigenvalue weighted by Gasteiger charge is 2.33. The van der Waals surface area contributed by atoms with Crippen molar-refractivity contribution < 1.29 is 46.8 Å². The molecule has 0 aromatic heterocycles. The quantitative estimate of drug-likeness (QED) is 0.260. The van der Waals surface area contributed by atoms with Gasteiger partial charge in [0.05, 0.1) is 5.56 Å². The second kappa shape index (κ2) is 11.8. The number of benzene rings is 2. The summed E-state index contributed by atoms with van der Waals surface area (Å²) in [5.74, 6) is -2.65. The molecular formula is C21H23F3NO7P. The highest BCUT2D eigenvalue weighted by molar-refractivity contribution is 7.58. The first-order valence-electron chi connectivity index (χ1n) is 9.76. The fourth-order valence-corrected chi connectivity index (χ4v) is 4.16. The Kier molecular flexibility index (Phi) is 9.45. The molecule has 1 amide bonds. The van der Waals surface area contributed by atoms with E-state index >= 15 is 0 Å². The van der Waals surface area contributed by atoms with E-state index in [1.807, 2.05) is 6.07 Å². The van der Waals surface area contributed by atoms with Crippen LogP contribution >= 0.6 is 7.37 Å². The molecule has 1 unspecified atom stereocenters. The van der Waals surface area contributed by atoms with Gasteiger partial charge in [0.1, 0.15) is 6.61 Å². The van der Waals surface area contributed by atoms with E-state index in [4.69, 9.17) is 9.47 Å². The van der Waals surface area contributed by atoms with Gasteiger partial charge in [-0.15, -0.1) is 0 Å². The van der Waals surface area contributed by atoms with Crippen LogP contribution in [-0.2, 0) is 31.6 Å². The van der Waals surface area contributed by atoms with Crippen molar-refractivity contribution in [2.75, 3.05) is 12.9 Å². The number of carbonyl (C=O) groups excluding carboxylic acids is 2. The largest absolute Gasteiger partial charge is 0.445 e. The molecule has 0 spiro atoms. The zero-order valence-electron chi connectivity index (χ0n) is 17.3. The van der Waals surface area contributed by atoms with Gasteiger partial charge in [-0.3, -0.25) is 14.7 Å². The van der Waals surface area contributed by atoms with E-state index in [1.165, 1.54) is 0 Å². The molecule has 0 radical (unpaired) electrons. The average molecular weight is 489 g/mol. The number of carbonyl (C=O) groups is 2. The third kappa shape index (κ3) is 8.88. The third-order valence-electron chi connectivity index (χ3n) is 4.44. The monoisotopic (exact) mass is 489 g/mol. The van der Waals surface area contributed by atoms with Crippen molar-refractivity contribution in [3.05, 3.63) is 71.3 Å². The number of hydrogen-bond donors (Lipinski definition) is 3. The second-order valence-electron chi connectivity index (χ2n) is 6.98. The van der Waals surface area contributed by atoms with Gasteiger partial charge in [-0.1, -0.05) is 42.5 Å². The lowest BCUT2D eigenvalue weighted by molar-refractivity contribution is -0.144. The molecule has 0 aliphatic rings. The molecule has 0 aliphatic heterocycles. The number of halogens is 3. The zero-order chi connectivity index (χ0) is 24.5. The molecule has 2 rings (SSSR count). The smallest absolute Gasteiger partial charge is 0.416 e. The normalized spacial score (nSPS) is 14.1. The summed E-state index contributed by atoms with van der Waals surface area (Å²) in [5, 5.41) is 12.3. The lowest BCUT2D eigenvalue weighted by atomic mass is 10.1. The van der Waals surface area contributed by atoms with Crippen LogP contribution in [0.25, 0.3) is 0 Å². The Balaban J connectivity index is 1.68. The topological polar surface area (TPSA) is 122 Å². The number of nitrogens with one attached hydrogen (secondary N) is 1. The molecule has 8 nitrogen and oxygen atoms in total. The van der Waals surface area contributed by atoms with Gasteiger partial charge in [0.2, 0.25) is 7.37 Å². The Morgan fingerprint density at radius 1 is 1.03 bits per heavy atom. The average Bonchev–Trinajstić information content (AvgIpc) is 2.77. The fraction of sp³-hybridized carbons (Fsp3) is 0.333. The molecule has 0 fully saturated rings. The van der Waals surface area contributed by atoms with E-state index < -0.39 is 49.9 Å². The van der Waals surface area contributed by atoms with E-state index in [0.29, 0.717) is 12.1 Å². The van der Waals surface area contributed by atoms with Gasteiger partial charge in [-0.25, -0.2) is 4.79 Å². The molecular weight excluding hydrogens is 466 g/mol. The Hall–Kier alpha value is -2.88. The predicted molar refractivity (Wildman–Crippen MR) is 111 cm³/mol. The van der Waals surface area contributed by atoms with E-state index in [-0.39, 0.29) is 25.0 Å². The molecule has 2 atom stereocenters. The molecule has 0 heterocycles. The summed E-state index contributed by atoms with van der Waals surface area (Å²) in [5.41, 5.74) is -0.322. The number of ether oxygens (including phenoxy) is 2. The van der Waals surface area contributed by atoms with Gasteiger partial charge in [0, 0.05) is 12.6 Å². The van der Waals surface area contributed by atoms with E-state index in [2.05, 4.69) is 5.32 Å². The van der Waals surface area contributed by atoms with Crippen LogP contribution in [0.3, 0.4) is 0 Å². The molecule has 33 heavy (non-hydrogen) atoms. The SMILES string of the molecule is O=C(CCCP(=O)(O)[C@H](O)c1ccc(C(F)(F)F)cc1)OCNC(=O)OCc1ccccc1. The summed E-state index contributed by atoms with van der Waals surface area (Å²) in [6.07, 6.45) is -6.23. The molecule has 2 aromatic carbocycles. The Bertz CT molecular complexity index is 968. The van der Waals surface area contributed by atoms with Gasteiger partial charge in [0.15, 0.2) is 12.6 Å². The second-order valence-corrected chi connectivity index (χ2v) is 9.42. The van der Waals surface area contributed by atoms with Crippen LogP contribution in [0.15, 0.2) is 54.6 Å². The molecule has 180 valence electrons. The van der Waals surface area contributed by atoms with Crippen LogP contribution in [0.2, 0.25) is 0 Å². The summed E-state index contributed by atoms with van der Waals surface area (Å²) in [6.45, 7) is -0.426. The minimum atomic E-state index is -4.57. The van der Waals surface area contributed by atoms with Crippen molar-refractivity contribution in [1.29, 1.82) is 0 Å². The first-order valence-corrected chi connectivity index (χ1v) is 11.7. The van der Waals surface area contributed by atoms with Crippen molar-refractivity contribution in [1.82, 2.24) is 5.32 Å². The number of rotatable bonds is 10. The number of aliphatic hydroxyl groups excluding tert-OH is 1. The lowest BCUT2D eigenvalue weighted by Crippen LogP contribution is -2.28. The van der Waals surface area contributed by atoms with Crippen LogP contribution in [0, 0.1) is 0 Å². The molecule has 0 saturated carbocycles. The Morgan fingerprint density at radius 2 is 1.67 bits per heavy atom. The fourth-order valence-electron chi connectivity index (χ4n) is 2.67. The highest BCUT2D eigenvalue weighted by Crippen LogP contribution is 2.54. The Labute approximate surface area is 187 Å². The van der Waals surface area contributed by atoms with Gasteiger partial charge in [-0.2, -0.15) is 13.2 Å². The number of aliphatic hydroxyl groups is 1. The highest BCUT2D eigenvalue weighted by atomic mass is 31.2. The maximum Gasteiger partial charge on any atom is 0.416 e. The van der Waals surface area contributed by atoms with Gasteiger partial charge < -0.3 is 19.5 Å². The van der Waals surface area contributed by atoms with Crippen molar-refractivity contribution in [3.63, 3.8) is 0 Å². The van der Waals surface area contributed by atoms with E-state index in [0.717, 1.165) is 17.7 Å². The summed E-state index contributed by atoms with van der Waals surface area (Å²) in [7, 11) is -4.22. The van der Waals surface area contributed by atoms with Crippen LogP contribution in [0.1, 0.15) is 35.4 Å². The van der Waals surface area contributed by atoms with Gasteiger partial charge in [0.25, 0.3) is 0 Å². The number of alkyl halides is 3. The van der Waals surface area contributed by atoms with Crippen molar-refractivity contribution >= 4 is 19.4 Å². The van der Waals surface area contributed by atoms with Gasteiger partial charge >= 0.3 is 18.2 Å². The Morgan fingerprint density at radius 3 is 2.27 bits per heavy atom. The van der Waals surface area contributed by atoms with E-state index in [1.54, 1.807) is 24.3 Å². The minimum Gasteiger partial charge on any atom is -0.445 e. The zero-order valence-corrected chi connectivity index (χ0v) is 18.2. The predicted octanol–water partition coefficient (Wildman–Crippen LogP) is 4.17. The van der Waals surface area contributed by atoms with Crippen LogP contribution < -0.4 is 5.32 Å². The van der Waals surface area contributed by atoms with E-state index in [9.17, 15) is 37.3 Å². The summed E-state index contributed by atoms with van der Waals surface area (Å²) < 4.78 is 59.8. The number of alkyl carbamates (subject to hydrolysis) is 1.